The number of fused-ring (bicyclic) bond motifs is 1. The van der Waals surface area contributed by atoms with E-state index in [-0.39, 0.29) is 11.2 Å². The van der Waals surface area contributed by atoms with Crippen molar-refractivity contribution in [3.8, 4) is 5.69 Å². The van der Waals surface area contributed by atoms with Crippen LogP contribution in [0.4, 0.5) is 0 Å². The lowest BCUT2D eigenvalue weighted by atomic mass is 9.76. The van der Waals surface area contributed by atoms with Gasteiger partial charge in [-0.2, -0.15) is 0 Å². The molecular weight excluding hydrogens is 234 g/mol. The molecule has 3 rings (SSSR count). The van der Waals surface area contributed by atoms with E-state index >= 15 is 0 Å². The van der Waals surface area contributed by atoms with E-state index < -0.39 is 0 Å². The minimum absolute atomic E-state index is 0.0604. The van der Waals surface area contributed by atoms with E-state index in [9.17, 15) is 4.79 Å². The number of carbonyl (C=O) groups excluding carboxylic acids is 1. The lowest BCUT2D eigenvalue weighted by molar-refractivity contribution is 0.0911. The third kappa shape index (κ3) is 2.12. The number of ketones is 1. The Morgan fingerprint density at radius 3 is 2.42 bits per heavy atom. The second-order valence-electron chi connectivity index (χ2n) is 6.32. The summed E-state index contributed by atoms with van der Waals surface area (Å²) in [5, 5.41) is 0. The summed E-state index contributed by atoms with van der Waals surface area (Å²) in [5.41, 5.74) is 4.51. The first-order chi connectivity index (χ1) is 8.96. The molecule has 2 nitrogen and oxygen atoms in total. The van der Waals surface area contributed by atoms with Crippen molar-refractivity contribution in [2.45, 2.75) is 33.6 Å². The first kappa shape index (κ1) is 12.2. The molecule has 1 aromatic heterocycles. The molecular formula is C17H19NO. The molecule has 0 bridgehead atoms. The summed E-state index contributed by atoms with van der Waals surface area (Å²) in [4.78, 5) is 12.2. The molecule has 98 valence electrons. The number of nitrogens with zero attached hydrogens (tertiary/aromatic N) is 1. The van der Waals surface area contributed by atoms with Crippen molar-refractivity contribution in [3.63, 3.8) is 0 Å². The lowest BCUT2D eigenvalue weighted by Gasteiger charge is -2.29. The number of aromatic nitrogens is 1. The van der Waals surface area contributed by atoms with Crippen LogP contribution in [0.25, 0.3) is 5.69 Å². The standard InChI is InChI=1S/C17H19NO/c1-12-4-6-13(7-5-12)18-9-8-14-15(18)10-17(2,3)11-16(14)19/h4-9H,10-11H2,1-3H3. The maximum atomic E-state index is 12.2. The average molecular weight is 253 g/mol. The molecule has 1 aliphatic rings. The average Bonchev–Trinajstić information content (AvgIpc) is 2.72. The Kier molecular flexibility index (Phi) is 2.63. The van der Waals surface area contributed by atoms with E-state index in [1.807, 2.05) is 12.3 Å². The number of benzene rings is 1. The third-order valence-corrected chi connectivity index (χ3v) is 3.89. The van der Waals surface area contributed by atoms with Gasteiger partial charge in [0, 0.05) is 29.6 Å². The summed E-state index contributed by atoms with van der Waals surface area (Å²) in [5.74, 6) is 0.275. The summed E-state index contributed by atoms with van der Waals surface area (Å²) in [6, 6.07) is 10.4. The molecule has 1 aromatic carbocycles. The van der Waals surface area contributed by atoms with Crippen molar-refractivity contribution >= 4 is 5.78 Å². The van der Waals surface area contributed by atoms with Gasteiger partial charge in [0.2, 0.25) is 0 Å². The lowest BCUT2D eigenvalue weighted by Crippen LogP contribution is -2.27. The molecule has 1 aliphatic carbocycles. The van der Waals surface area contributed by atoms with E-state index in [1.54, 1.807) is 0 Å². The van der Waals surface area contributed by atoms with Gasteiger partial charge < -0.3 is 4.57 Å². The first-order valence-electron chi connectivity index (χ1n) is 6.77. The number of rotatable bonds is 1. The van der Waals surface area contributed by atoms with Gasteiger partial charge in [-0.1, -0.05) is 31.5 Å². The predicted molar refractivity (Wildman–Crippen MR) is 76.9 cm³/mol. The Morgan fingerprint density at radius 2 is 1.74 bits per heavy atom. The summed E-state index contributed by atoms with van der Waals surface area (Å²) in [6.07, 6.45) is 3.63. The third-order valence-electron chi connectivity index (χ3n) is 3.89. The van der Waals surface area contributed by atoms with Crippen molar-refractivity contribution in [2.24, 2.45) is 5.41 Å². The molecule has 0 amide bonds. The topological polar surface area (TPSA) is 22.0 Å². The monoisotopic (exact) mass is 253 g/mol. The maximum absolute atomic E-state index is 12.2. The highest BCUT2D eigenvalue weighted by atomic mass is 16.1. The molecule has 0 fully saturated rings. The fraction of sp³-hybridized carbons (Fsp3) is 0.353. The van der Waals surface area contributed by atoms with Gasteiger partial charge in [0.15, 0.2) is 5.78 Å². The molecule has 0 radical (unpaired) electrons. The molecule has 2 heteroatoms. The second kappa shape index (κ2) is 4.09. The normalized spacial score (nSPS) is 17.3. The molecule has 2 aromatic rings. The molecule has 0 saturated heterocycles. The van der Waals surface area contributed by atoms with Crippen LogP contribution in [-0.2, 0) is 6.42 Å². The van der Waals surface area contributed by atoms with Gasteiger partial charge in [0.05, 0.1) is 0 Å². The number of aryl methyl sites for hydroxylation is 1. The van der Waals surface area contributed by atoms with Crippen LogP contribution >= 0.6 is 0 Å². The zero-order valence-corrected chi connectivity index (χ0v) is 11.7. The van der Waals surface area contributed by atoms with E-state index in [1.165, 1.54) is 5.56 Å². The van der Waals surface area contributed by atoms with Crippen molar-refractivity contribution in [1.29, 1.82) is 0 Å². The first-order valence-corrected chi connectivity index (χ1v) is 6.77. The van der Waals surface area contributed by atoms with Crippen molar-refractivity contribution in [3.05, 3.63) is 53.3 Å². The van der Waals surface area contributed by atoms with Crippen molar-refractivity contribution < 1.29 is 4.79 Å². The Labute approximate surface area is 114 Å². The number of carbonyl (C=O) groups is 1. The number of hydrogen-bond donors (Lipinski definition) is 0. The second-order valence-corrected chi connectivity index (χ2v) is 6.32. The van der Waals surface area contributed by atoms with Gasteiger partial charge in [0.1, 0.15) is 0 Å². The van der Waals surface area contributed by atoms with Gasteiger partial charge in [-0.25, -0.2) is 0 Å². The molecule has 0 N–H and O–H groups in total. The molecule has 0 aliphatic heterocycles. The van der Waals surface area contributed by atoms with Crippen molar-refractivity contribution in [2.75, 3.05) is 0 Å². The molecule has 19 heavy (non-hydrogen) atoms. The predicted octanol–water partition coefficient (Wildman–Crippen LogP) is 3.94. The van der Waals surface area contributed by atoms with Crippen molar-refractivity contribution in [1.82, 2.24) is 4.57 Å². The van der Waals surface area contributed by atoms with Crippen LogP contribution in [0.15, 0.2) is 36.5 Å². The smallest absolute Gasteiger partial charge is 0.165 e. The Bertz CT molecular complexity index is 632. The van der Waals surface area contributed by atoms with Crippen LogP contribution in [0.2, 0.25) is 0 Å². The summed E-state index contributed by atoms with van der Waals surface area (Å²) in [6.45, 7) is 6.42. The zero-order valence-electron chi connectivity index (χ0n) is 11.7. The van der Waals surface area contributed by atoms with Gasteiger partial charge in [-0.05, 0) is 37.0 Å². The van der Waals surface area contributed by atoms with Crippen LogP contribution in [-0.4, -0.2) is 10.4 Å². The number of hydrogen-bond acceptors (Lipinski definition) is 1. The Balaban J connectivity index is 2.11. The minimum Gasteiger partial charge on any atom is -0.320 e. The SMILES string of the molecule is Cc1ccc(-n2ccc3c2CC(C)(C)CC3=O)cc1. The van der Waals surface area contributed by atoms with E-state index in [0.717, 1.165) is 23.4 Å². The van der Waals surface area contributed by atoms with Gasteiger partial charge in [-0.15, -0.1) is 0 Å². The van der Waals surface area contributed by atoms with E-state index in [0.29, 0.717) is 6.42 Å². The molecule has 0 spiro atoms. The number of Topliss-reactive ketones (excluding diaryl/α,β-unsaturated/α-hetero) is 1. The van der Waals surface area contributed by atoms with Gasteiger partial charge in [-0.3, -0.25) is 4.79 Å². The van der Waals surface area contributed by atoms with E-state index in [4.69, 9.17) is 0 Å². The fourth-order valence-corrected chi connectivity index (χ4v) is 2.89. The van der Waals surface area contributed by atoms with Crippen LogP contribution < -0.4 is 0 Å². The van der Waals surface area contributed by atoms with Crippen LogP contribution in [0.3, 0.4) is 0 Å². The minimum atomic E-state index is 0.0604. The Hall–Kier alpha value is -1.83. The summed E-state index contributed by atoms with van der Waals surface area (Å²) in [7, 11) is 0. The summed E-state index contributed by atoms with van der Waals surface area (Å²) < 4.78 is 2.16. The van der Waals surface area contributed by atoms with Crippen LogP contribution in [0.1, 0.15) is 41.9 Å². The van der Waals surface area contributed by atoms with Gasteiger partial charge in [0.25, 0.3) is 0 Å². The molecule has 1 heterocycles. The quantitative estimate of drug-likeness (QED) is 0.754. The largest absolute Gasteiger partial charge is 0.320 e. The highest BCUT2D eigenvalue weighted by Gasteiger charge is 2.33. The fourth-order valence-electron chi connectivity index (χ4n) is 2.89. The highest BCUT2D eigenvalue weighted by Crippen LogP contribution is 2.36. The van der Waals surface area contributed by atoms with Crippen LogP contribution in [0.5, 0.6) is 0 Å². The highest BCUT2D eigenvalue weighted by molar-refractivity contribution is 5.99. The molecule has 0 saturated carbocycles. The molecule has 0 unspecified atom stereocenters. The summed E-state index contributed by atoms with van der Waals surface area (Å²) >= 11 is 0. The molecule has 0 atom stereocenters. The Morgan fingerprint density at radius 1 is 1.05 bits per heavy atom. The maximum Gasteiger partial charge on any atom is 0.165 e. The van der Waals surface area contributed by atoms with E-state index in [2.05, 4.69) is 49.6 Å². The zero-order chi connectivity index (χ0) is 13.6. The van der Waals surface area contributed by atoms with Gasteiger partial charge >= 0.3 is 0 Å². The van der Waals surface area contributed by atoms with Crippen LogP contribution in [0, 0.1) is 12.3 Å².